The monoisotopic (exact) mass is 316 g/mol. The average Bonchev–Trinajstić information content (AvgIpc) is 2.57. The third-order valence-corrected chi connectivity index (χ3v) is 3.34. The van der Waals surface area contributed by atoms with Crippen molar-refractivity contribution < 1.29 is 9.53 Å². The number of ether oxygens (including phenoxy) is 1. The minimum atomic E-state index is -0.150. The van der Waals surface area contributed by atoms with Gasteiger partial charge in [0.2, 0.25) is 0 Å². The van der Waals surface area contributed by atoms with Crippen LogP contribution in [-0.4, -0.2) is 13.1 Å². The van der Waals surface area contributed by atoms with Gasteiger partial charge in [-0.2, -0.15) is 0 Å². The third kappa shape index (κ3) is 18.3. The van der Waals surface area contributed by atoms with E-state index in [0.717, 1.165) is 51.4 Å². The largest absolute Gasteiger partial charge is 0.469 e. The van der Waals surface area contributed by atoms with Crippen LogP contribution in [0.2, 0.25) is 0 Å². The van der Waals surface area contributed by atoms with Gasteiger partial charge in [-0.1, -0.05) is 19.1 Å². The maximum absolute atomic E-state index is 10.9. The normalized spacial score (nSPS) is 9.83. The quantitative estimate of drug-likeness (QED) is 0.220. The summed E-state index contributed by atoms with van der Waals surface area (Å²) in [5, 5.41) is 0. The molecule has 0 unspecified atom stereocenters. The van der Waals surface area contributed by atoms with Gasteiger partial charge in [0.1, 0.15) is 0 Å². The average molecular weight is 316 g/mol. The number of hydrogen-bond acceptors (Lipinski definition) is 2. The Bertz CT molecular complexity index is 426. The Morgan fingerprint density at radius 2 is 1.35 bits per heavy atom. The number of esters is 1. The number of hydrogen-bond donors (Lipinski definition) is 0. The zero-order valence-corrected chi connectivity index (χ0v) is 15.0. The van der Waals surface area contributed by atoms with Crippen LogP contribution in [0.15, 0.2) is 12.2 Å². The van der Waals surface area contributed by atoms with Gasteiger partial charge in [0.25, 0.3) is 0 Å². The molecule has 2 heteroatoms. The second-order valence-corrected chi connectivity index (χ2v) is 5.47. The van der Waals surface area contributed by atoms with Gasteiger partial charge in [0.15, 0.2) is 0 Å². The Morgan fingerprint density at radius 3 is 1.87 bits per heavy atom. The molecule has 0 atom stereocenters. The second kappa shape index (κ2) is 18.4. The Morgan fingerprint density at radius 1 is 0.826 bits per heavy atom. The van der Waals surface area contributed by atoms with E-state index >= 15 is 0 Å². The van der Waals surface area contributed by atoms with E-state index in [9.17, 15) is 4.79 Å². The summed E-state index contributed by atoms with van der Waals surface area (Å²) in [6.07, 6.45) is 16.5. The lowest BCUT2D eigenvalue weighted by Gasteiger charge is -1.94. The van der Waals surface area contributed by atoms with Crippen LogP contribution in [0.1, 0.15) is 84.0 Å². The van der Waals surface area contributed by atoms with E-state index in [2.05, 4.69) is 47.5 Å². The van der Waals surface area contributed by atoms with E-state index in [1.54, 1.807) is 0 Å². The first kappa shape index (κ1) is 21.3. The fourth-order valence-corrected chi connectivity index (χ4v) is 1.96. The molecule has 0 aliphatic carbocycles. The molecule has 0 heterocycles. The van der Waals surface area contributed by atoms with E-state index in [0.29, 0.717) is 6.42 Å². The van der Waals surface area contributed by atoms with E-state index in [4.69, 9.17) is 0 Å². The summed E-state index contributed by atoms with van der Waals surface area (Å²) in [5.41, 5.74) is 0. The number of allylic oxidation sites excluding steroid dienone is 2. The molecule has 0 fully saturated rings. The van der Waals surface area contributed by atoms with E-state index in [-0.39, 0.29) is 5.97 Å². The predicted octanol–water partition coefficient (Wildman–Crippen LogP) is 5.42. The highest BCUT2D eigenvalue weighted by Crippen LogP contribution is 2.02. The summed E-state index contributed by atoms with van der Waals surface area (Å²) < 4.78 is 4.58. The molecule has 128 valence electrons. The van der Waals surface area contributed by atoms with Crippen molar-refractivity contribution in [2.24, 2.45) is 0 Å². The summed E-state index contributed by atoms with van der Waals surface area (Å²) >= 11 is 0. The molecule has 2 nitrogen and oxygen atoms in total. The first-order valence-electron chi connectivity index (χ1n) is 8.94. The van der Waals surface area contributed by atoms with Crippen LogP contribution in [0, 0.1) is 23.7 Å². The molecule has 0 spiro atoms. The maximum Gasteiger partial charge on any atom is 0.305 e. The summed E-state index contributed by atoms with van der Waals surface area (Å²) in [6, 6.07) is 0. The molecule has 0 aliphatic rings. The van der Waals surface area contributed by atoms with Crippen molar-refractivity contribution in [2.75, 3.05) is 7.11 Å². The topological polar surface area (TPSA) is 26.3 Å². The SMILES string of the molecule is CC/C=C\CCCCC#CCCCCC#CCCCC(=O)OC. The molecule has 0 aliphatic heterocycles. The Labute approximate surface area is 143 Å². The molecule has 0 bridgehead atoms. The maximum atomic E-state index is 10.9. The van der Waals surface area contributed by atoms with Crippen LogP contribution < -0.4 is 0 Å². The fourth-order valence-electron chi connectivity index (χ4n) is 1.96. The molecule has 0 aromatic rings. The van der Waals surface area contributed by atoms with E-state index in [1.807, 2.05) is 0 Å². The number of carbonyl (C=O) groups excluding carboxylic acids is 1. The van der Waals surface area contributed by atoms with Gasteiger partial charge in [0.05, 0.1) is 7.11 Å². The van der Waals surface area contributed by atoms with Crippen molar-refractivity contribution in [1.82, 2.24) is 0 Å². The molecule has 0 rings (SSSR count). The number of methoxy groups -OCH3 is 1. The van der Waals surface area contributed by atoms with Crippen molar-refractivity contribution >= 4 is 5.97 Å². The van der Waals surface area contributed by atoms with Crippen molar-refractivity contribution in [3.63, 3.8) is 0 Å². The second-order valence-electron chi connectivity index (χ2n) is 5.47. The highest BCUT2D eigenvalue weighted by Gasteiger charge is 1.96. The van der Waals surface area contributed by atoms with E-state index in [1.165, 1.54) is 26.4 Å². The molecule has 0 aromatic carbocycles. The zero-order valence-electron chi connectivity index (χ0n) is 15.0. The number of carbonyl (C=O) groups is 1. The minimum Gasteiger partial charge on any atom is -0.469 e. The Kier molecular flexibility index (Phi) is 17.0. The van der Waals surface area contributed by atoms with E-state index < -0.39 is 0 Å². The first-order valence-corrected chi connectivity index (χ1v) is 8.94. The summed E-state index contributed by atoms with van der Waals surface area (Å²) in [6.45, 7) is 2.17. The number of rotatable bonds is 11. The summed E-state index contributed by atoms with van der Waals surface area (Å²) in [4.78, 5) is 10.9. The molecule has 0 radical (unpaired) electrons. The van der Waals surface area contributed by atoms with Gasteiger partial charge >= 0.3 is 5.97 Å². The van der Waals surface area contributed by atoms with Gasteiger partial charge in [-0.25, -0.2) is 0 Å². The van der Waals surface area contributed by atoms with Crippen LogP contribution in [0.25, 0.3) is 0 Å². The van der Waals surface area contributed by atoms with Gasteiger partial charge in [-0.3, -0.25) is 4.79 Å². The van der Waals surface area contributed by atoms with Crippen molar-refractivity contribution in [2.45, 2.75) is 84.0 Å². The predicted molar refractivity (Wildman–Crippen MR) is 97.8 cm³/mol. The van der Waals surface area contributed by atoms with Crippen LogP contribution in [0.5, 0.6) is 0 Å². The molecule has 0 saturated heterocycles. The molecule has 0 N–H and O–H groups in total. The fraction of sp³-hybridized carbons (Fsp3) is 0.667. The molecule has 23 heavy (non-hydrogen) atoms. The lowest BCUT2D eigenvalue weighted by molar-refractivity contribution is -0.140. The molecule has 0 amide bonds. The lowest BCUT2D eigenvalue weighted by atomic mass is 10.1. The van der Waals surface area contributed by atoms with Crippen LogP contribution in [0.4, 0.5) is 0 Å². The third-order valence-electron chi connectivity index (χ3n) is 3.34. The van der Waals surface area contributed by atoms with Gasteiger partial charge in [0, 0.05) is 32.1 Å². The van der Waals surface area contributed by atoms with Crippen LogP contribution in [0.3, 0.4) is 0 Å². The summed E-state index contributed by atoms with van der Waals surface area (Å²) in [7, 11) is 1.42. The van der Waals surface area contributed by atoms with Crippen LogP contribution >= 0.6 is 0 Å². The smallest absolute Gasteiger partial charge is 0.305 e. The highest BCUT2D eigenvalue weighted by molar-refractivity contribution is 5.69. The van der Waals surface area contributed by atoms with Gasteiger partial charge < -0.3 is 4.74 Å². The minimum absolute atomic E-state index is 0.150. The number of unbranched alkanes of at least 4 members (excludes halogenated alkanes) is 7. The first-order chi connectivity index (χ1) is 11.3. The summed E-state index contributed by atoms with van der Waals surface area (Å²) in [5.74, 6) is 12.6. The molecular formula is C21H32O2. The van der Waals surface area contributed by atoms with Crippen molar-refractivity contribution in [3.05, 3.63) is 12.2 Å². The Hall–Kier alpha value is -1.67. The zero-order chi connectivity index (χ0) is 17.0. The van der Waals surface area contributed by atoms with Gasteiger partial charge in [-0.05, 0) is 44.9 Å². The highest BCUT2D eigenvalue weighted by atomic mass is 16.5. The Balaban J connectivity index is 3.32. The van der Waals surface area contributed by atoms with Crippen molar-refractivity contribution in [1.29, 1.82) is 0 Å². The van der Waals surface area contributed by atoms with Crippen LogP contribution in [-0.2, 0) is 9.53 Å². The lowest BCUT2D eigenvalue weighted by Crippen LogP contribution is -1.98. The standard InChI is InChI=1S/C21H32O2/c1-3-4-5-6-7-8-9-10-11-12-13-14-15-16-17-18-19-20-21(22)23-2/h4-5H,3,6-9,12-15,18-20H2,1-2H3/b5-4-. The van der Waals surface area contributed by atoms with Crippen molar-refractivity contribution in [3.8, 4) is 23.7 Å². The molecular weight excluding hydrogens is 284 g/mol. The molecule has 0 aromatic heterocycles. The van der Waals surface area contributed by atoms with Gasteiger partial charge in [-0.15, -0.1) is 23.7 Å². The molecule has 0 saturated carbocycles.